The molecule has 3 aromatic rings. The van der Waals surface area contributed by atoms with E-state index in [1.807, 2.05) is 54.7 Å². The highest BCUT2D eigenvalue weighted by atomic mass is 79.9. The topological polar surface area (TPSA) is 55.6 Å². The number of benzene rings is 2. The fraction of sp³-hybridized carbons (Fsp3) is 0.484. The van der Waals surface area contributed by atoms with Crippen molar-refractivity contribution in [1.82, 2.24) is 9.88 Å². The summed E-state index contributed by atoms with van der Waals surface area (Å²) in [7, 11) is 0. The lowest BCUT2D eigenvalue weighted by Gasteiger charge is -2.52. The first-order chi connectivity index (χ1) is 18.1. The van der Waals surface area contributed by atoms with Crippen LogP contribution in [-0.2, 0) is 21.6 Å². The fourth-order valence-electron chi connectivity index (χ4n) is 6.77. The second-order valence-electron chi connectivity index (χ2n) is 11.4. The lowest BCUT2D eigenvalue weighted by Crippen LogP contribution is -3.00. The number of fused-ring (bicyclic) bond motifs is 3. The number of piperidine rings is 4. The Morgan fingerprint density at radius 3 is 2.37 bits per heavy atom. The van der Waals surface area contributed by atoms with E-state index in [0.29, 0.717) is 5.92 Å². The number of oxazole rings is 1. The van der Waals surface area contributed by atoms with Gasteiger partial charge in [0.1, 0.15) is 12.1 Å². The van der Waals surface area contributed by atoms with Crippen LogP contribution in [0.25, 0.3) is 11.3 Å². The number of aromatic nitrogens is 1. The van der Waals surface area contributed by atoms with E-state index in [1.54, 1.807) is 0 Å². The number of ether oxygens (including phenoxy) is 1. The van der Waals surface area contributed by atoms with E-state index in [-0.39, 0.29) is 29.1 Å². The quantitative estimate of drug-likeness (QED) is 0.318. The maximum Gasteiger partial charge on any atom is 0.331 e. The molecule has 1 aromatic heterocycles. The summed E-state index contributed by atoms with van der Waals surface area (Å²) in [6, 6.07) is 20.3. The SMILES string of the molecule is C[C@](C(=O)O[C@H]1C[N+]2(Cc3ncc(-c4ccccc4)o3)CCC1CC2)(c1ccccc1)N1CCCCC1.[Br-]. The minimum absolute atomic E-state index is 0. The third kappa shape index (κ3) is 5.21. The summed E-state index contributed by atoms with van der Waals surface area (Å²) >= 11 is 0. The molecule has 0 N–H and O–H groups in total. The van der Waals surface area contributed by atoms with Crippen molar-refractivity contribution < 1.29 is 35.4 Å². The molecule has 7 rings (SSSR count). The van der Waals surface area contributed by atoms with Gasteiger partial charge in [-0.15, -0.1) is 0 Å². The Balaban J connectivity index is 0.00000294. The molecule has 0 amide bonds. The summed E-state index contributed by atoms with van der Waals surface area (Å²) in [5, 5.41) is 0. The molecule has 0 saturated carbocycles. The van der Waals surface area contributed by atoms with E-state index in [4.69, 9.17) is 9.15 Å². The van der Waals surface area contributed by atoms with Crippen molar-refractivity contribution in [1.29, 1.82) is 0 Å². The zero-order valence-electron chi connectivity index (χ0n) is 22.2. The molecule has 38 heavy (non-hydrogen) atoms. The predicted octanol–water partition coefficient (Wildman–Crippen LogP) is 2.40. The Morgan fingerprint density at radius 2 is 1.68 bits per heavy atom. The molecule has 0 unspecified atom stereocenters. The molecule has 0 aliphatic carbocycles. The fourth-order valence-corrected chi connectivity index (χ4v) is 6.77. The number of likely N-dealkylation sites (tertiary alicyclic amines) is 1. The molecule has 4 fully saturated rings. The first-order valence-corrected chi connectivity index (χ1v) is 13.9. The standard InChI is InChI=1S/C31H38N3O3.BrH/c1-31(26-13-7-3-8-14-26,33-17-9-4-10-18-33)30(35)37-28-22-34(19-15-25(28)16-20-34)23-29-32-21-27(36-29)24-11-5-2-6-12-24;/h2-3,5-8,11-14,21,25,28H,4,9-10,15-20,22-23H2,1H3;1H/q+1;/p-1/t25?,28-,31+,34?;/m0./s1. The summed E-state index contributed by atoms with van der Waals surface area (Å²) in [6.07, 6.45) is 7.42. The van der Waals surface area contributed by atoms with E-state index < -0.39 is 5.54 Å². The minimum Gasteiger partial charge on any atom is -1.00 e. The van der Waals surface area contributed by atoms with E-state index in [0.717, 1.165) is 92.2 Å². The van der Waals surface area contributed by atoms with E-state index in [9.17, 15) is 4.79 Å². The third-order valence-corrected chi connectivity index (χ3v) is 9.10. The summed E-state index contributed by atoms with van der Waals surface area (Å²) in [5.74, 6) is 1.92. The van der Waals surface area contributed by atoms with Crippen molar-refractivity contribution in [3.8, 4) is 11.3 Å². The van der Waals surface area contributed by atoms with Crippen molar-refractivity contribution in [3.05, 3.63) is 78.3 Å². The van der Waals surface area contributed by atoms with Gasteiger partial charge in [0.25, 0.3) is 5.89 Å². The highest BCUT2D eigenvalue weighted by Gasteiger charge is 2.51. The van der Waals surface area contributed by atoms with Gasteiger partial charge >= 0.3 is 5.97 Å². The minimum atomic E-state index is -0.758. The largest absolute Gasteiger partial charge is 1.00 e. The lowest BCUT2D eigenvalue weighted by molar-refractivity contribution is -0.959. The lowest BCUT2D eigenvalue weighted by atomic mass is 9.82. The Morgan fingerprint density at radius 1 is 1.03 bits per heavy atom. The van der Waals surface area contributed by atoms with Crippen molar-refractivity contribution in [2.24, 2.45) is 5.92 Å². The van der Waals surface area contributed by atoms with Crippen LogP contribution < -0.4 is 17.0 Å². The molecule has 4 aliphatic heterocycles. The second-order valence-corrected chi connectivity index (χ2v) is 11.4. The first-order valence-electron chi connectivity index (χ1n) is 13.9. The molecule has 2 atom stereocenters. The van der Waals surface area contributed by atoms with Crippen molar-refractivity contribution in [3.63, 3.8) is 0 Å². The van der Waals surface area contributed by atoms with E-state index >= 15 is 0 Å². The van der Waals surface area contributed by atoms with Crippen LogP contribution in [0.3, 0.4) is 0 Å². The highest BCUT2D eigenvalue weighted by molar-refractivity contribution is 5.82. The van der Waals surface area contributed by atoms with Crippen LogP contribution in [0.2, 0.25) is 0 Å². The average Bonchev–Trinajstić information content (AvgIpc) is 3.42. The first kappa shape index (κ1) is 27.1. The van der Waals surface area contributed by atoms with Crippen LogP contribution >= 0.6 is 0 Å². The highest BCUT2D eigenvalue weighted by Crippen LogP contribution is 2.40. The monoisotopic (exact) mass is 579 g/mol. The number of rotatable bonds is 7. The van der Waals surface area contributed by atoms with E-state index in [1.165, 1.54) is 6.42 Å². The summed E-state index contributed by atoms with van der Waals surface area (Å²) < 4.78 is 13.6. The number of nitrogens with zero attached hydrogens (tertiary/aromatic N) is 3. The normalized spacial score (nSPS) is 26.8. The van der Waals surface area contributed by atoms with Crippen LogP contribution in [0.5, 0.6) is 0 Å². The van der Waals surface area contributed by atoms with Gasteiger partial charge in [-0.2, -0.15) is 0 Å². The van der Waals surface area contributed by atoms with Gasteiger partial charge in [-0.25, -0.2) is 9.78 Å². The molecule has 0 spiro atoms. The molecule has 2 aromatic carbocycles. The van der Waals surface area contributed by atoms with Crippen LogP contribution in [0.15, 0.2) is 71.3 Å². The number of carbonyl (C=O) groups excluding carboxylic acids is 1. The summed E-state index contributed by atoms with van der Waals surface area (Å²) in [4.78, 5) is 21.0. The van der Waals surface area contributed by atoms with E-state index in [2.05, 4.69) is 28.9 Å². The zero-order chi connectivity index (χ0) is 25.3. The molecular formula is C31H38BrN3O3. The summed E-state index contributed by atoms with van der Waals surface area (Å²) in [5.41, 5.74) is 1.31. The summed E-state index contributed by atoms with van der Waals surface area (Å²) in [6.45, 7) is 7.69. The van der Waals surface area contributed by atoms with Gasteiger partial charge < -0.3 is 30.6 Å². The molecule has 0 radical (unpaired) electrons. The van der Waals surface area contributed by atoms with Crippen LogP contribution in [0.1, 0.15) is 50.5 Å². The zero-order valence-corrected chi connectivity index (χ0v) is 23.8. The predicted molar refractivity (Wildman–Crippen MR) is 142 cm³/mol. The van der Waals surface area contributed by atoms with Gasteiger partial charge in [0.2, 0.25) is 0 Å². The number of hydrogen-bond acceptors (Lipinski definition) is 5. The third-order valence-electron chi connectivity index (χ3n) is 9.10. The van der Waals surface area contributed by atoms with Crippen molar-refractivity contribution >= 4 is 5.97 Å². The molecule has 4 saturated heterocycles. The van der Waals surface area contributed by atoms with Crippen molar-refractivity contribution in [2.45, 2.75) is 57.2 Å². The maximum absolute atomic E-state index is 14.0. The van der Waals surface area contributed by atoms with Crippen LogP contribution in [-0.4, -0.2) is 59.2 Å². The van der Waals surface area contributed by atoms with Crippen LogP contribution in [0, 0.1) is 5.92 Å². The van der Waals surface area contributed by atoms with Gasteiger partial charge in [0, 0.05) is 24.3 Å². The molecule has 202 valence electrons. The molecule has 4 aliphatic rings. The smallest absolute Gasteiger partial charge is 0.331 e. The number of hydrogen-bond donors (Lipinski definition) is 0. The Bertz CT molecular complexity index is 1200. The van der Waals surface area contributed by atoms with Gasteiger partial charge in [-0.1, -0.05) is 67.1 Å². The van der Waals surface area contributed by atoms with Crippen LogP contribution in [0.4, 0.5) is 0 Å². The Hall–Kier alpha value is -2.48. The van der Waals surface area contributed by atoms with Gasteiger partial charge in [-0.3, -0.25) is 4.90 Å². The molecular weight excluding hydrogens is 542 g/mol. The molecule has 7 heteroatoms. The maximum atomic E-state index is 14.0. The Labute approximate surface area is 236 Å². The molecule has 5 heterocycles. The number of quaternary nitrogens is 1. The van der Waals surface area contributed by atoms with Gasteiger partial charge in [-0.05, 0) is 38.4 Å². The van der Waals surface area contributed by atoms with Gasteiger partial charge in [0.15, 0.2) is 18.4 Å². The average molecular weight is 581 g/mol. The number of halogens is 1. The number of esters is 1. The van der Waals surface area contributed by atoms with Gasteiger partial charge in [0.05, 0.1) is 19.3 Å². The number of carbonyl (C=O) groups is 1. The molecule has 2 bridgehead atoms. The van der Waals surface area contributed by atoms with Crippen molar-refractivity contribution in [2.75, 3.05) is 32.7 Å². The Kier molecular flexibility index (Phi) is 8.08. The molecule has 6 nitrogen and oxygen atoms in total. The second kappa shape index (κ2) is 11.3.